The fourth-order valence-electron chi connectivity index (χ4n) is 2.52. The topological polar surface area (TPSA) is 67.8 Å². The second-order valence-corrected chi connectivity index (χ2v) is 5.79. The summed E-state index contributed by atoms with van der Waals surface area (Å²) in [5.41, 5.74) is 3.33. The van der Waals surface area contributed by atoms with Crippen LogP contribution in [0.1, 0.15) is 21.5 Å². The largest absolute Gasteiger partial charge is 1.00 e. The molecule has 4 rings (SSSR count). The fraction of sp³-hybridized carbons (Fsp3) is 0.0909. The van der Waals surface area contributed by atoms with Crippen molar-refractivity contribution >= 4 is 11.7 Å². The second-order valence-electron chi connectivity index (χ2n) is 5.79. The molecule has 0 bridgehead atoms. The number of carboxylic acid groups (broad SMARTS) is 1. The average molecular weight is 400 g/mol. The summed E-state index contributed by atoms with van der Waals surface area (Å²) in [6, 6.07) is 22.6. The van der Waals surface area contributed by atoms with Crippen LogP contribution < -0.4 is 66.2 Å². The summed E-state index contributed by atoms with van der Waals surface area (Å²) in [5.74, 6) is 0.818. The van der Waals surface area contributed by atoms with E-state index in [0.717, 1.165) is 28.3 Å². The van der Waals surface area contributed by atoms with E-state index in [1.807, 2.05) is 42.5 Å². The zero-order valence-electron chi connectivity index (χ0n) is 15.6. The van der Waals surface area contributed by atoms with Crippen LogP contribution in [0.5, 0.6) is 11.5 Å². The van der Waals surface area contributed by atoms with Gasteiger partial charge in [0, 0.05) is 5.56 Å². The van der Waals surface area contributed by atoms with Crippen LogP contribution in [0.2, 0.25) is 0 Å². The van der Waals surface area contributed by atoms with Crippen molar-refractivity contribution in [1.29, 1.82) is 0 Å². The summed E-state index contributed by atoms with van der Waals surface area (Å²) in [5, 5.41) is 11.5. The van der Waals surface area contributed by atoms with Crippen molar-refractivity contribution in [2.24, 2.45) is 0 Å². The maximum atomic E-state index is 10.2. The van der Waals surface area contributed by atoms with Crippen LogP contribution in [0.3, 0.4) is 0 Å². The molecule has 0 saturated carbocycles. The summed E-state index contributed by atoms with van der Waals surface area (Å²) in [7, 11) is 0. The van der Waals surface area contributed by atoms with Crippen LogP contribution in [0, 0.1) is 13.0 Å². The van der Waals surface area contributed by atoms with Crippen LogP contribution >= 0.6 is 0 Å². The van der Waals surface area contributed by atoms with Crippen molar-refractivity contribution in [2.75, 3.05) is 12.0 Å². The smallest absolute Gasteiger partial charge is 0.502 e. The molecule has 1 aliphatic rings. The molecular formula is C22H19KNO4-. The zero-order valence-corrected chi connectivity index (χ0v) is 18.8. The van der Waals surface area contributed by atoms with E-state index < -0.39 is 5.97 Å². The van der Waals surface area contributed by atoms with Gasteiger partial charge in [0.2, 0.25) is 0 Å². The predicted molar refractivity (Wildman–Crippen MR) is 103 cm³/mol. The molecule has 0 amide bonds. The van der Waals surface area contributed by atoms with E-state index in [1.54, 1.807) is 12.1 Å². The number of aromatic carboxylic acids is 1. The molecule has 0 fully saturated rings. The molecule has 3 aromatic carbocycles. The Labute approximate surface area is 207 Å². The monoisotopic (exact) mass is 400 g/mol. The minimum absolute atomic E-state index is 0. The number of nitrogens with one attached hydrogen (secondary N) is 1. The van der Waals surface area contributed by atoms with E-state index in [-0.39, 0.29) is 51.4 Å². The molecule has 28 heavy (non-hydrogen) atoms. The summed E-state index contributed by atoms with van der Waals surface area (Å²) in [6.07, 6.45) is 0. The molecule has 0 spiro atoms. The Hall–Kier alpha value is -1.96. The van der Waals surface area contributed by atoms with Crippen LogP contribution in [-0.4, -0.2) is 17.8 Å². The fourth-order valence-corrected chi connectivity index (χ4v) is 2.52. The molecule has 0 atom stereocenters. The Bertz CT molecular complexity index is 915. The molecule has 0 aromatic heterocycles. The second kappa shape index (κ2) is 11.1. The number of fused-ring (bicyclic) bond motifs is 1. The van der Waals surface area contributed by atoms with Crippen molar-refractivity contribution in [3.8, 4) is 11.5 Å². The molecule has 1 heterocycles. The van der Waals surface area contributed by atoms with Gasteiger partial charge in [0.05, 0.1) is 11.4 Å². The molecule has 3 aromatic rings. The maximum Gasteiger partial charge on any atom is 1.00 e. The standard InChI is InChI=1S/C15H14NO2.C7H5O2.K/c1-11-4-2-6-13(8-11)17-9-12-5-3-7-14-15(12)18-10-16-14;8-7(9)6-4-2-1-3-5-6;/h2-8,16H,1,9-10H2;2-5H,(H,8,9);/q2*-1;+1. The number of carboxylic acids is 1. The molecule has 2 N–H and O–H groups in total. The summed E-state index contributed by atoms with van der Waals surface area (Å²) < 4.78 is 11.3. The Morgan fingerprint density at radius 1 is 1.18 bits per heavy atom. The molecular weight excluding hydrogens is 381 g/mol. The van der Waals surface area contributed by atoms with E-state index in [0.29, 0.717) is 18.9 Å². The first kappa shape index (κ1) is 22.3. The number of rotatable bonds is 4. The van der Waals surface area contributed by atoms with Gasteiger partial charge in [-0.25, -0.2) is 4.79 Å². The van der Waals surface area contributed by atoms with E-state index in [4.69, 9.17) is 14.6 Å². The number of ether oxygens (including phenoxy) is 2. The Morgan fingerprint density at radius 2 is 1.93 bits per heavy atom. The molecule has 0 radical (unpaired) electrons. The van der Waals surface area contributed by atoms with Crippen molar-refractivity contribution < 1.29 is 70.8 Å². The first-order valence-electron chi connectivity index (χ1n) is 8.36. The zero-order chi connectivity index (χ0) is 19.1. The molecule has 1 aliphatic heterocycles. The first-order chi connectivity index (χ1) is 13.1. The summed E-state index contributed by atoms with van der Waals surface area (Å²) >= 11 is 0. The van der Waals surface area contributed by atoms with Gasteiger partial charge in [-0.3, -0.25) is 0 Å². The summed E-state index contributed by atoms with van der Waals surface area (Å²) in [6.45, 7) is 4.90. The number of anilines is 1. The Kier molecular flexibility index (Phi) is 8.88. The Balaban J connectivity index is 0.000000239. The summed E-state index contributed by atoms with van der Waals surface area (Å²) in [4.78, 5) is 10.2. The Morgan fingerprint density at radius 3 is 2.61 bits per heavy atom. The first-order valence-corrected chi connectivity index (χ1v) is 8.36. The molecule has 138 valence electrons. The van der Waals surface area contributed by atoms with E-state index in [9.17, 15) is 4.79 Å². The SMILES string of the molecule is O=C(O)c1cc[c-]cc1.[CH2-]c1cccc(OCc2cccc3c2OCN3)c1.[K+]. The number of para-hydroxylation sites is 1. The minimum Gasteiger partial charge on any atom is -0.502 e. The van der Waals surface area contributed by atoms with Gasteiger partial charge < -0.3 is 19.9 Å². The van der Waals surface area contributed by atoms with Crippen molar-refractivity contribution in [3.05, 3.63) is 96.4 Å². The van der Waals surface area contributed by atoms with Gasteiger partial charge in [-0.1, -0.05) is 12.1 Å². The van der Waals surface area contributed by atoms with Crippen LogP contribution in [0.25, 0.3) is 0 Å². The number of carbonyl (C=O) groups is 1. The quantitative estimate of drug-likeness (QED) is 0.512. The predicted octanol–water partition coefficient (Wildman–Crippen LogP) is 1.40. The maximum absolute atomic E-state index is 10.2. The third-order valence-corrected chi connectivity index (χ3v) is 3.83. The van der Waals surface area contributed by atoms with Gasteiger partial charge in [-0.05, 0) is 17.7 Å². The van der Waals surface area contributed by atoms with E-state index in [2.05, 4.69) is 18.3 Å². The van der Waals surface area contributed by atoms with E-state index >= 15 is 0 Å². The van der Waals surface area contributed by atoms with E-state index in [1.165, 1.54) is 12.1 Å². The number of hydrogen-bond donors (Lipinski definition) is 2. The van der Waals surface area contributed by atoms with Gasteiger partial charge in [-0.2, -0.15) is 48.9 Å². The van der Waals surface area contributed by atoms with Gasteiger partial charge in [0.1, 0.15) is 6.61 Å². The van der Waals surface area contributed by atoms with Crippen molar-refractivity contribution in [2.45, 2.75) is 6.61 Å². The van der Waals surface area contributed by atoms with Crippen molar-refractivity contribution in [3.63, 3.8) is 0 Å². The number of benzene rings is 3. The molecule has 0 aliphatic carbocycles. The van der Waals surface area contributed by atoms with Gasteiger partial charge >= 0.3 is 57.4 Å². The van der Waals surface area contributed by atoms with Gasteiger partial charge in [-0.15, -0.1) is 12.1 Å². The molecule has 0 unspecified atom stereocenters. The third kappa shape index (κ3) is 6.29. The molecule has 6 heteroatoms. The molecule has 0 saturated heterocycles. The van der Waals surface area contributed by atoms with Crippen LogP contribution in [0.15, 0.2) is 66.7 Å². The average Bonchev–Trinajstić information content (AvgIpc) is 3.17. The minimum atomic E-state index is -0.899. The van der Waals surface area contributed by atoms with Gasteiger partial charge in [0.15, 0.2) is 12.5 Å². The third-order valence-electron chi connectivity index (χ3n) is 3.83. The number of hydrogen-bond acceptors (Lipinski definition) is 4. The van der Waals surface area contributed by atoms with Crippen LogP contribution in [-0.2, 0) is 6.61 Å². The normalized spacial score (nSPS) is 10.9. The van der Waals surface area contributed by atoms with Crippen molar-refractivity contribution in [1.82, 2.24) is 0 Å². The molecule has 5 nitrogen and oxygen atoms in total. The van der Waals surface area contributed by atoms with Gasteiger partial charge in [0.25, 0.3) is 0 Å². The van der Waals surface area contributed by atoms with Crippen LogP contribution in [0.4, 0.5) is 5.69 Å².